The highest BCUT2D eigenvalue weighted by Crippen LogP contribution is 2.67. The molecule has 39 heavy (non-hydrogen) atoms. The average molecular weight is 551 g/mol. The van der Waals surface area contributed by atoms with Crippen molar-refractivity contribution >= 4 is 29.3 Å². The summed E-state index contributed by atoms with van der Waals surface area (Å²) >= 11 is 0. The summed E-state index contributed by atoms with van der Waals surface area (Å²) in [6, 6.07) is 0. The molecule has 4 fully saturated rings. The predicted octanol–water partition coefficient (Wildman–Crippen LogP) is 3.64. The maximum absolute atomic E-state index is 11.3. The number of carboxylic acid groups (broad SMARTS) is 3. The molecule has 11 nitrogen and oxygen atoms in total. The van der Waals surface area contributed by atoms with E-state index in [1.807, 2.05) is 0 Å². The Kier molecular flexibility index (Phi) is 8.58. The van der Waals surface area contributed by atoms with Crippen molar-refractivity contribution in [1.29, 1.82) is 0 Å². The van der Waals surface area contributed by atoms with E-state index in [4.69, 9.17) is 14.8 Å². The molecular formula is C28H42N2O9. The largest absolute Gasteiger partial charge is 0.481 e. The Bertz CT molecular complexity index is 1030. The molecule has 0 spiro atoms. The van der Waals surface area contributed by atoms with Crippen molar-refractivity contribution in [3.8, 4) is 0 Å². The van der Waals surface area contributed by atoms with Gasteiger partial charge in [0.1, 0.15) is 0 Å². The number of carboxylic acids is 3. The van der Waals surface area contributed by atoms with Gasteiger partial charge in [-0.1, -0.05) is 31.1 Å². The zero-order valence-corrected chi connectivity index (χ0v) is 23.0. The zero-order valence-electron chi connectivity index (χ0n) is 23.0. The maximum Gasteiger partial charge on any atom is 0.344 e. The molecule has 4 N–H and O–H groups in total. The topological polar surface area (TPSA) is 175 Å². The Morgan fingerprint density at radius 1 is 0.949 bits per heavy atom. The Morgan fingerprint density at radius 3 is 2.26 bits per heavy atom. The van der Waals surface area contributed by atoms with Gasteiger partial charge in [0.25, 0.3) is 0 Å². The summed E-state index contributed by atoms with van der Waals surface area (Å²) in [7, 11) is 0. The van der Waals surface area contributed by atoms with Crippen LogP contribution in [-0.2, 0) is 24.1 Å². The Labute approximate surface area is 228 Å². The highest BCUT2D eigenvalue weighted by molar-refractivity contribution is 5.97. The minimum atomic E-state index is -1.11. The molecule has 0 radical (unpaired) electrons. The minimum absolute atomic E-state index is 0.00962. The second kappa shape index (κ2) is 11.4. The summed E-state index contributed by atoms with van der Waals surface area (Å²) in [5.74, 6) is -2.50. The number of aliphatic carboxylic acids is 3. The fraction of sp³-hybridized carbons (Fsp3) is 0.821. The van der Waals surface area contributed by atoms with Crippen LogP contribution in [-0.4, -0.2) is 69.1 Å². The van der Waals surface area contributed by atoms with E-state index in [9.17, 15) is 29.7 Å². The Hall–Kier alpha value is -2.69. The lowest BCUT2D eigenvalue weighted by Crippen LogP contribution is -2.60. The van der Waals surface area contributed by atoms with Gasteiger partial charge in [-0.2, -0.15) is 0 Å². The third-order valence-corrected chi connectivity index (χ3v) is 10.7. The van der Waals surface area contributed by atoms with Crippen LogP contribution < -0.4 is 0 Å². The van der Waals surface area contributed by atoms with Crippen molar-refractivity contribution in [2.24, 2.45) is 56.6 Å². The molecule has 4 aliphatic carbocycles. The van der Waals surface area contributed by atoms with Gasteiger partial charge in [0.15, 0.2) is 0 Å². The van der Waals surface area contributed by atoms with Gasteiger partial charge in [-0.15, -0.1) is 0 Å². The van der Waals surface area contributed by atoms with Gasteiger partial charge < -0.3 is 30.1 Å². The third-order valence-electron chi connectivity index (χ3n) is 10.7. The fourth-order valence-corrected chi connectivity index (χ4v) is 8.75. The number of aliphatic hydroxyl groups is 1. The first kappa shape index (κ1) is 29.3. The summed E-state index contributed by atoms with van der Waals surface area (Å²) < 4.78 is 0. The van der Waals surface area contributed by atoms with Crippen LogP contribution in [0.5, 0.6) is 0 Å². The van der Waals surface area contributed by atoms with E-state index in [1.165, 1.54) is 0 Å². The number of rotatable bonds is 10. The molecule has 0 unspecified atom stereocenters. The average Bonchev–Trinajstić information content (AvgIpc) is 3.21. The molecule has 0 aromatic heterocycles. The third kappa shape index (κ3) is 5.64. The van der Waals surface area contributed by atoms with Crippen LogP contribution >= 0.6 is 0 Å². The highest BCUT2D eigenvalue weighted by Gasteiger charge is 2.65. The van der Waals surface area contributed by atoms with Crippen LogP contribution in [0.4, 0.5) is 0 Å². The van der Waals surface area contributed by atoms with Gasteiger partial charge >= 0.3 is 17.9 Å². The smallest absolute Gasteiger partial charge is 0.344 e. The van der Waals surface area contributed by atoms with Crippen LogP contribution in [0.15, 0.2) is 10.3 Å². The van der Waals surface area contributed by atoms with E-state index >= 15 is 0 Å². The first-order chi connectivity index (χ1) is 18.4. The lowest BCUT2D eigenvalue weighted by atomic mass is 9.43. The standard InChI is InChI=1S/C28H42N2O9/c1-15(4-7-23(32)33)18-5-6-19-26-20(12-22(28(18,19)3)30-39-14-25(36)37)27(2)9-8-17(31)10-16(27)11-21(26)29-38-13-24(34)35/h15-20,26,31H,4-14H2,1-3H3,(H,32,33)(H,34,35)(H,36,37)/b29-21-,30-22+/t15-,16+,17-,18-,19+,20+,26+,27+,28-/m1/s1. The summed E-state index contributed by atoms with van der Waals surface area (Å²) in [5.41, 5.74) is 1.07. The molecule has 9 atom stereocenters. The maximum atomic E-state index is 11.3. The number of hydrogen-bond donors (Lipinski definition) is 4. The molecule has 0 bridgehead atoms. The number of aliphatic hydroxyl groups excluding tert-OH is 1. The van der Waals surface area contributed by atoms with E-state index < -0.39 is 42.6 Å². The number of carbonyl (C=O) groups is 3. The molecule has 0 aromatic rings. The SMILES string of the molecule is C[C@H](CCC(=O)O)[C@H]1CC[C@H]2[C@@H]3/C(=N\OCC(=O)O)C[C@@H]4C[C@H](O)CC[C@]4(C)[C@H]3C/C(=N\OCC(=O)O)[C@]12C. The van der Waals surface area contributed by atoms with E-state index in [0.29, 0.717) is 32.1 Å². The lowest BCUT2D eigenvalue weighted by molar-refractivity contribution is -0.143. The Balaban J connectivity index is 1.76. The van der Waals surface area contributed by atoms with Crippen LogP contribution in [0.2, 0.25) is 0 Å². The highest BCUT2D eigenvalue weighted by atomic mass is 16.6. The van der Waals surface area contributed by atoms with Crippen molar-refractivity contribution in [2.75, 3.05) is 13.2 Å². The second-order valence-electron chi connectivity index (χ2n) is 12.6. The summed E-state index contributed by atoms with van der Waals surface area (Å²) in [6.45, 7) is 5.43. The van der Waals surface area contributed by atoms with E-state index in [2.05, 4.69) is 31.1 Å². The first-order valence-electron chi connectivity index (χ1n) is 14.1. The van der Waals surface area contributed by atoms with Crippen molar-refractivity contribution in [3.63, 3.8) is 0 Å². The molecule has 0 aliphatic heterocycles. The van der Waals surface area contributed by atoms with Crippen molar-refractivity contribution in [2.45, 2.75) is 84.7 Å². The molecule has 0 amide bonds. The van der Waals surface area contributed by atoms with Crippen molar-refractivity contribution < 1.29 is 44.5 Å². The van der Waals surface area contributed by atoms with Gasteiger partial charge in [-0.05, 0) is 86.4 Å². The number of oxime groups is 2. The number of nitrogens with zero attached hydrogens (tertiary/aromatic N) is 2. The fourth-order valence-electron chi connectivity index (χ4n) is 8.75. The van der Waals surface area contributed by atoms with Crippen molar-refractivity contribution in [3.05, 3.63) is 0 Å². The molecule has 218 valence electrons. The van der Waals surface area contributed by atoms with E-state index in [0.717, 1.165) is 30.7 Å². The monoisotopic (exact) mass is 550 g/mol. The minimum Gasteiger partial charge on any atom is -0.481 e. The first-order valence-corrected chi connectivity index (χ1v) is 14.1. The molecule has 4 rings (SSSR count). The summed E-state index contributed by atoms with van der Waals surface area (Å²) in [6.07, 6.45) is 5.31. The number of fused-ring (bicyclic) bond motifs is 5. The van der Waals surface area contributed by atoms with Gasteiger partial charge in [0, 0.05) is 17.8 Å². The predicted molar refractivity (Wildman–Crippen MR) is 140 cm³/mol. The quantitative estimate of drug-likeness (QED) is 0.296. The van der Waals surface area contributed by atoms with E-state index in [1.54, 1.807) is 0 Å². The molecule has 4 aliphatic rings. The summed E-state index contributed by atoms with van der Waals surface area (Å²) in [4.78, 5) is 44.4. The van der Waals surface area contributed by atoms with Gasteiger partial charge in [0.2, 0.25) is 13.2 Å². The van der Waals surface area contributed by atoms with Crippen molar-refractivity contribution in [1.82, 2.24) is 0 Å². The second-order valence-corrected chi connectivity index (χ2v) is 12.6. The zero-order chi connectivity index (χ0) is 28.5. The Morgan fingerprint density at radius 2 is 1.62 bits per heavy atom. The molecule has 0 heterocycles. The molecule has 4 saturated carbocycles. The molecule has 0 saturated heterocycles. The van der Waals surface area contributed by atoms with Crippen LogP contribution in [0.25, 0.3) is 0 Å². The molecule has 0 aromatic carbocycles. The van der Waals surface area contributed by atoms with Crippen LogP contribution in [0, 0.1) is 46.3 Å². The van der Waals surface area contributed by atoms with Crippen LogP contribution in [0.3, 0.4) is 0 Å². The van der Waals surface area contributed by atoms with Crippen LogP contribution in [0.1, 0.15) is 78.6 Å². The van der Waals surface area contributed by atoms with Gasteiger partial charge in [-0.25, -0.2) is 9.59 Å². The molecule has 11 heteroatoms. The normalized spacial score (nSPS) is 40.3. The number of hydrogen-bond acceptors (Lipinski definition) is 8. The lowest BCUT2D eigenvalue weighted by Gasteiger charge is -2.61. The summed E-state index contributed by atoms with van der Waals surface area (Å²) in [5, 5.41) is 47.0. The molecular weight excluding hydrogens is 508 g/mol. The van der Waals surface area contributed by atoms with Gasteiger partial charge in [0.05, 0.1) is 17.5 Å². The van der Waals surface area contributed by atoms with Gasteiger partial charge in [-0.3, -0.25) is 4.79 Å². The van der Waals surface area contributed by atoms with E-state index in [-0.39, 0.29) is 47.3 Å².